The average molecular weight is 469 g/mol. The molecule has 0 aliphatic carbocycles. The van der Waals surface area contributed by atoms with Crippen LogP contribution in [-0.4, -0.2) is 23.9 Å². The lowest BCUT2D eigenvalue weighted by Gasteiger charge is -2.31. The van der Waals surface area contributed by atoms with Crippen molar-refractivity contribution in [3.05, 3.63) is 71.8 Å². The minimum Gasteiger partial charge on any atom is -0.507 e. The van der Waals surface area contributed by atoms with Gasteiger partial charge < -0.3 is 19.7 Å². The zero-order valence-electron chi connectivity index (χ0n) is 21.2. The van der Waals surface area contributed by atoms with Crippen LogP contribution in [-0.2, 0) is 4.74 Å². The third-order valence-electron chi connectivity index (χ3n) is 6.95. The summed E-state index contributed by atoms with van der Waals surface area (Å²) in [6, 6.07) is 19.2. The summed E-state index contributed by atoms with van der Waals surface area (Å²) >= 11 is 0. The van der Waals surface area contributed by atoms with Crippen molar-refractivity contribution in [3.63, 3.8) is 0 Å². The molecule has 5 rings (SSSR count). The highest BCUT2D eigenvalue weighted by atomic mass is 16.5. The fourth-order valence-corrected chi connectivity index (χ4v) is 5.72. The number of ether oxygens (including phenoxy) is 2. The second-order valence-electron chi connectivity index (χ2n) is 11.0. The van der Waals surface area contributed by atoms with E-state index in [9.17, 15) is 10.2 Å². The number of methoxy groups -OCH3 is 1. The summed E-state index contributed by atoms with van der Waals surface area (Å²) in [6.07, 6.45) is 0. The first-order valence-corrected chi connectivity index (χ1v) is 12.0. The van der Waals surface area contributed by atoms with Gasteiger partial charge in [-0.25, -0.2) is 0 Å². The Hall–Kier alpha value is -3.66. The molecule has 4 aromatic rings. The predicted octanol–water partition coefficient (Wildman–Crippen LogP) is 7.89. The van der Waals surface area contributed by atoms with Crippen LogP contribution >= 0.6 is 0 Å². The van der Waals surface area contributed by atoms with Crippen LogP contribution in [0.3, 0.4) is 0 Å². The number of fused-ring (bicyclic) bond motifs is 2. The maximum absolute atomic E-state index is 11.9. The minimum atomic E-state index is -0.175. The molecule has 0 fully saturated rings. The number of hydrogen-bond acceptors (Lipinski definition) is 4. The molecule has 0 saturated heterocycles. The van der Waals surface area contributed by atoms with Crippen LogP contribution in [0.4, 0.5) is 0 Å². The van der Waals surface area contributed by atoms with Crippen molar-refractivity contribution < 1.29 is 19.7 Å². The summed E-state index contributed by atoms with van der Waals surface area (Å²) in [5.41, 5.74) is 2.65. The van der Waals surface area contributed by atoms with Crippen LogP contribution < -0.4 is 4.74 Å². The van der Waals surface area contributed by atoms with E-state index in [-0.39, 0.29) is 22.3 Å². The van der Waals surface area contributed by atoms with Gasteiger partial charge in [0.05, 0.1) is 19.3 Å². The number of phenols is 2. The van der Waals surface area contributed by atoms with Crippen molar-refractivity contribution in [3.8, 4) is 28.4 Å². The van der Waals surface area contributed by atoms with Crippen LogP contribution in [0.25, 0.3) is 38.4 Å². The zero-order chi connectivity index (χ0) is 25.1. The first kappa shape index (κ1) is 23.1. The summed E-state index contributed by atoms with van der Waals surface area (Å²) in [6.45, 7) is 11.4. The van der Waals surface area contributed by atoms with Gasteiger partial charge in [0, 0.05) is 16.5 Å². The molecule has 0 spiro atoms. The van der Waals surface area contributed by atoms with Crippen molar-refractivity contribution >= 4 is 27.3 Å². The Labute approximate surface area is 206 Å². The fourth-order valence-electron chi connectivity index (χ4n) is 5.72. The van der Waals surface area contributed by atoms with E-state index in [1.165, 1.54) is 0 Å². The summed E-state index contributed by atoms with van der Waals surface area (Å²) in [4.78, 5) is 0. The zero-order valence-corrected chi connectivity index (χ0v) is 21.2. The van der Waals surface area contributed by atoms with Crippen molar-refractivity contribution in [2.75, 3.05) is 13.7 Å². The molecule has 180 valence electrons. The van der Waals surface area contributed by atoms with E-state index < -0.39 is 0 Å². The van der Waals surface area contributed by atoms with E-state index in [0.717, 1.165) is 32.9 Å². The first-order valence-electron chi connectivity index (χ1n) is 12.0. The Bertz CT molecular complexity index is 1500. The topological polar surface area (TPSA) is 58.9 Å². The third-order valence-corrected chi connectivity index (χ3v) is 6.95. The van der Waals surface area contributed by atoms with Crippen molar-refractivity contribution in [2.45, 2.75) is 34.6 Å². The standard InChI is InChI=1S/C31H32O4/c1-30(2,3)29-28(35-17-31(29,4)5)23-16-19-15-20(34-6)12-13-22(19)26(27(23)33)25-21-10-8-7-9-18(21)11-14-24(25)32/h7-16,32-33H,17H2,1-6H3. The lowest BCUT2D eigenvalue weighted by atomic mass is 9.71. The molecule has 4 nitrogen and oxygen atoms in total. The Balaban J connectivity index is 1.95. The fraction of sp³-hybridized carbons (Fsp3) is 0.290. The summed E-state index contributed by atoms with van der Waals surface area (Å²) < 4.78 is 11.8. The Morgan fingerprint density at radius 1 is 0.857 bits per heavy atom. The quantitative estimate of drug-likeness (QED) is 0.321. The van der Waals surface area contributed by atoms with Gasteiger partial charge in [0.1, 0.15) is 23.0 Å². The van der Waals surface area contributed by atoms with Gasteiger partial charge in [0.2, 0.25) is 0 Å². The molecule has 0 radical (unpaired) electrons. The van der Waals surface area contributed by atoms with Crippen LogP contribution in [0.1, 0.15) is 40.2 Å². The van der Waals surface area contributed by atoms with Crippen LogP contribution in [0.5, 0.6) is 17.2 Å². The number of phenolic OH excluding ortho intramolecular Hbond substituents is 2. The largest absolute Gasteiger partial charge is 0.507 e. The molecule has 0 atom stereocenters. The Kier molecular flexibility index (Phi) is 5.24. The van der Waals surface area contributed by atoms with E-state index in [1.807, 2.05) is 54.6 Å². The second-order valence-corrected chi connectivity index (χ2v) is 11.0. The molecule has 4 heteroatoms. The molecule has 4 aromatic carbocycles. The molecule has 0 saturated carbocycles. The predicted molar refractivity (Wildman–Crippen MR) is 143 cm³/mol. The molecule has 0 aromatic heterocycles. The molecule has 35 heavy (non-hydrogen) atoms. The van der Waals surface area contributed by atoms with Gasteiger partial charge in [-0.1, -0.05) is 65.0 Å². The first-order chi connectivity index (χ1) is 16.5. The van der Waals surface area contributed by atoms with Crippen LogP contribution in [0.2, 0.25) is 0 Å². The molecule has 0 amide bonds. The third kappa shape index (κ3) is 3.68. The van der Waals surface area contributed by atoms with Crippen molar-refractivity contribution in [2.24, 2.45) is 10.8 Å². The molecular weight excluding hydrogens is 436 g/mol. The SMILES string of the molecule is COc1ccc2c(-c3c(O)ccc4ccccc34)c(O)c(C3=C(C(C)(C)C)C(C)(C)CO3)cc2c1. The van der Waals surface area contributed by atoms with Gasteiger partial charge in [0.25, 0.3) is 0 Å². The van der Waals surface area contributed by atoms with Gasteiger partial charge in [-0.05, 0) is 62.9 Å². The number of rotatable bonds is 3. The highest BCUT2D eigenvalue weighted by Gasteiger charge is 2.42. The Morgan fingerprint density at radius 3 is 2.29 bits per heavy atom. The molecule has 1 heterocycles. The summed E-state index contributed by atoms with van der Waals surface area (Å²) in [5.74, 6) is 1.65. The number of aromatic hydroxyl groups is 2. The highest BCUT2D eigenvalue weighted by Crippen LogP contribution is 2.54. The van der Waals surface area contributed by atoms with Gasteiger partial charge in [-0.15, -0.1) is 0 Å². The molecule has 1 aliphatic heterocycles. The van der Waals surface area contributed by atoms with E-state index in [2.05, 4.69) is 34.6 Å². The van der Waals surface area contributed by atoms with Gasteiger partial charge >= 0.3 is 0 Å². The van der Waals surface area contributed by atoms with Gasteiger partial charge in [-0.3, -0.25) is 0 Å². The smallest absolute Gasteiger partial charge is 0.135 e. The summed E-state index contributed by atoms with van der Waals surface area (Å²) in [7, 11) is 1.64. The minimum absolute atomic E-state index is 0.101. The van der Waals surface area contributed by atoms with E-state index in [0.29, 0.717) is 29.1 Å². The molecule has 1 aliphatic rings. The van der Waals surface area contributed by atoms with Crippen LogP contribution in [0.15, 0.2) is 66.2 Å². The Morgan fingerprint density at radius 2 is 1.57 bits per heavy atom. The average Bonchev–Trinajstić information content (AvgIpc) is 3.14. The van der Waals surface area contributed by atoms with Gasteiger partial charge in [-0.2, -0.15) is 0 Å². The second kappa shape index (κ2) is 7.94. The molecule has 0 bridgehead atoms. The van der Waals surface area contributed by atoms with E-state index in [1.54, 1.807) is 13.2 Å². The maximum atomic E-state index is 11.9. The lowest BCUT2D eigenvalue weighted by molar-refractivity contribution is 0.213. The van der Waals surface area contributed by atoms with Crippen molar-refractivity contribution in [1.29, 1.82) is 0 Å². The number of hydrogen-bond donors (Lipinski definition) is 2. The van der Waals surface area contributed by atoms with Crippen LogP contribution in [0, 0.1) is 10.8 Å². The summed E-state index contributed by atoms with van der Waals surface area (Å²) in [5, 5.41) is 26.6. The molecule has 2 N–H and O–H groups in total. The normalized spacial score (nSPS) is 15.6. The number of benzene rings is 4. The van der Waals surface area contributed by atoms with Gasteiger partial charge in [0.15, 0.2) is 0 Å². The molecular formula is C31H32O4. The van der Waals surface area contributed by atoms with Crippen molar-refractivity contribution in [1.82, 2.24) is 0 Å². The monoisotopic (exact) mass is 468 g/mol. The lowest BCUT2D eigenvalue weighted by Crippen LogP contribution is -2.24. The molecule has 0 unspecified atom stereocenters. The highest BCUT2D eigenvalue weighted by molar-refractivity contribution is 6.11. The maximum Gasteiger partial charge on any atom is 0.135 e. The van der Waals surface area contributed by atoms with E-state index in [4.69, 9.17) is 9.47 Å². The van der Waals surface area contributed by atoms with E-state index >= 15 is 0 Å².